The van der Waals surface area contributed by atoms with Gasteiger partial charge in [-0.15, -0.1) is 11.3 Å². The van der Waals surface area contributed by atoms with E-state index in [1.165, 1.54) is 5.56 Å². The van der Waals surface area contributed by atoms with E-state index in [1.807, 2.05) is 41.8 Å². The van der Waals surface area contributed by atoms with Gasteiger partial charge in [0.1, 0.15) is 6.61 Å². The first kappa shape index (κ1) is 12.8. The lowest BCUT2D eigenvalue weighted by molar-refractivity contribution is 0.109. The number of aliphatic hydroxyl groups is 1. The molecule has 0 atom stereocenters. The van der Waals surface area contributed by atoms with Gasteiger partial charge in [0, 0.05) is 15.8 Å². The van der Waals surface area contributed by atoms with E-state index in [9.17, 15) is 0 Å². The van der Waals surface area contributed by atoms with Crippen molar-refractivity contribution in [2.24, 2.45) is 0 Å². The average molecular weight is 258 g/mol. The number of benzene rings is 1. The fraction of sp³-hybridized carbons (Fsp3) is 0.200. The lowest BCUT2D eigenvalue weighted by Gasteiger charge is -2.01. The van der Waals surface area contributed by atoms with Crippen LogP contribution in [0.2, 0.25) is 0 Å². The maximum atomic E-state index is 8.61. The summed E-state index contributed by atoms with van der Waals surface area (Å²) >= 11 is 1.63. The lowest BCUT2D eigenvalue weighted by Crippen LogP contribution is -1.91. The minimum atomic E-state index is -0.102. The van der Waals surface area contributed by atoms with Crippen LogP contribution in [-0.4, -0.2) is 11.7 Å². The quantitative estimate of drug-likeness (QED) is 0.855. The van der Waals surface area contributed by atoms with E-state index in [1.54, 1.807) is 11.3 Å². The first-order valence-electron chi connectivity index (χ1n) is 5.67. The van der Waals surface area contributed by atoms with E-state index in [4.69, 9.17) is 9.84 Å². The largest absolute Gasteiger partial charge is 0.384 e. The van der Waals surface area contributed by atoms with Crippen molar-refractivity contribution >= 4 is 11.3 Å². The van der Waals surface area contributed by atoms with Gasteiger partial charge in [-0.2, -0.15) is 0 Å². The Balaban J connectivity index is 1.82. The number of ether oxygens (including phenoxy) is 1. The van der Waals surface area contributed by atoms with Gasteiger partial charge in [0.05, 0.1) is 13.2 Å². The number of hydrogen-bond acceptors (Lipinski definition) is 3. The number of hydrogen-bond donors (Lipinski definition) is 1. The Kier molecular flexibility index (Phi) is 4.98. The summed E-state index contributed by atoms with van der Waals surface area (Å²) in [7, 11) is 0. The van der Waals surface area contributed by atoms with Crippen molar-refractivity contribution < 1.29 is 9.84 Å². The van der Waals surface area contributed by atoms with Crippen molar-refractivity contribution in [3.8, 4) is 11.8 Å². The van der Waals surface area contributed by atoms with Crippen LogP contribution in [-0.2, 0) is 18.0 Å². The number of rotatable bonds is 4. The summed E-state index contributed by atoms with van der Waals surface area (Å²) in [6.07, 6.45) is 0. The summed E-state index contributed by atoms with van der Waals surface area (Å²) in [5.41, 5.74) is 2.11. The topological polar surface area (TPSA) is 29.5 Å². The summed E-state index contributed by atoms with van der Waals surface area (Å²) in [6.45, 7) is 1.12. The normalized spacial score (nSPS) is 9.83. The van der Waals surface area contributed by atoms with Gasteiger partial charge in [0.15, 0.2) is 0 Å². The zero-order valence-corrected chi connectivity index (χ0v) is 10.7. The van der Waals surface area contributed by atoms with Crippen LogP contribution in [0.4, 0.5) is 0 Å². The Labute approximate surface area is 111 Å². The van der Waals surface area contributed by atoms with Gasteiger partial charge in [-0.1, -0.05) is 42.2 Å². The molecule has 18 heavy (non-hydrogen) atoms. The van der Waals surface area contributed by atoms with Gasteiger partial charge in [-0.05, 0) is 11.6 Å². The molecule has 1 N–H and O–H groups in total. The van der Waals surface area contributed by atoms with E-state index in [-0.39, 0.29) is 6.61 Å². The predicted molar refractivity (Wildman–Crippen MR) is 73.2 cm³/mol. The van der Waals surface area contributed by atoms with E-state index >= 15 is 0 Å². The highest BCUT2D eigenvalue weighted by molar-refractivity contribution is 7.10. The molecular weight excluding hydrogens is 244 g/mol. The third-order valence-electron chi connectivity index (χ3n) is 2.32. The van der Waals surface area contributed by atoms with Gasteiger partial charge in [-0.25, -0.2) is 0 Å². The molecule has 0 spiro atoms. The van der Waals surface area contributed by atoms with Gasteiger partial charge in [0.25, 0.3) is 0 Å². The molecule has 0 fully saturated rings. The molecule has 0 radical (unpaired) electrons. The third-order valence-corrected chi connectivity index (χ3v) is 3.23. The molecule has 0 aliphatic carbocycles. The minimum absolute atomic E-state index is 0.102. The van der Waals surface area contributed by atoms with Crippen molar-refractivity contribution in [2.45, 2.75) is 13.2 Å². The van der Waals surface area contributed by atoms with E-state index < -0.39 is 0 Å². The highest BCUT2D eigenvalue weighted by Gasteiger charge is 1.98. The standard InChI is InChI=1S/C15H14O2S/c16-8-4-7-14-9-15(18-12-14)11-17-10-13-5-2-1-3-6-13/h1-3,5-6,9,12,16H,8,10-11H2. The summed E-state index contributed by atoms with van der Waals surface area (Å²) < 4.78 is 5.64. The van der Waals surface area contributed by atoms with Crippen LogP contribution < -0.4 is 0 Å². The molecule has 3 heteroatoms. The Morgan fingerprint density at radius 3 is 2.78 bits per heavy atom. The molecule has 0 unspecified atom stereocenters. The summed E-state index contributed by atoms with van der Waals surface area (Å²) in [5.74, 6) is 5.51. The molecule has 0 bridgehead atoms. The van der Waals surface area contributed by atoms with E-state index in [0.29, 0.717) is 13.2 Å². The molecule has 0 aliphatic heterocycles. The van der Waals surface area contributed by atoms with Crippen molar-refractivity contribution in [1.82, 2.24) is 0 Å². The SMILES string of the molecule is OCC#Cc1csc(COCc2ccccc2)c1. The molecule has 0 aliphatic rings. The van der Waals surface area contributed by atoms with E-state index in [0.717, 1.165) is 10.4 Å². The molecule has 0 saturated heterocycles. The van der Waals surface area contributed by atoms with Crippen LogP contribution >= 0.6 is 11.3 Å². The van der Waals surface area contributed by atoms with Gasteiger partial charge in [-0.3, -0.25) is 0 Å². The lowest BCUT2D eigenvalue weighted by atomic mass is 10.2. The smallest absolute Gasteiger partial charge is 0.104 e. The molecule has 1 aromatic carbocycles. The van der Waals surface area contributed by atoms with Gasteiger partial charge < -0.3 is 9.84 Å². The monoisotopic (exact) mass is 258 g/mol. The molecule has 2 rings (SSSR count). The van der Waals surface area contributed by atoms with Crippen LogP contribution in [0.5, 0.6) is 0 Å². The predicted octanol–water partition coefficient (Wildman–Crippen LogP) is 2.81. The molecule has 1 heterocycles. The fourth-order valence-electron chi connectivity index (χ4n) is 1.51. The Hall–Kier alpha value is -1.60. The van der Waals surface area contributed by atoms with E-state index in [2.05, 4.69) is 11.8 Å². The van der Waals surface area contributed by atoms with Crippen LogP contribution in [0.25, 0.3) is 0 Å². The van der Waals surface area contributed by atoms with Crippen LogP contribution in [0.3, 0.4) is 0 Å². The van der Waals surface area contributed by atoms with Crippen molar-refractivity contribution in [3.63, 3.8) is 0 Å². The molecule has 92 valence electrons. The Morgan fingerprint density at radius 2 is 2.00 bits per heavy atom. The maximum absolute atomic E-state index is 8.61. The molecule has 2 nitrogen and oxygen atoms in total. The first-order valence-corrected chi connectivity index (χ1v) is 6.55. The molecule has 0 amide bonds. The number of thiophene rings is 1. The average Bonchev–Trinajstić information content (AvgIpc) is 2.85. The van der Waals surface area contributed by atoms with Crippen LogP contribution in [0.15, 0.2) is 41.8 Å². The second kappa shape index (κ2) is 6.97. The van der Waals surface area contributed by atoms with Crippen LogP contribution in [0.1, 0.15) is 16.0 Å². The summed E-state index contributed by atoms with van der Waals surface area (Å²) in [5, 5.41) is 10.6. The highest BCUT2D eigenvalue weighted by atomic mass is 32.1. The second-order valence-corrected chi connectivity index (χ2v) is 4.74. The molecule has 0 saturated carbocycles. The Bertz CT molecular complexity index is 534. The van der Waals surface area contributed by atoms with Gasteiger partial charge >= 0.3 is 0 Å². The molecule has 1 aromatic heterocycles. The number of aliphatic hydroxyl groups excluding tert-OH is 1. The van der Waals surface area contributed by atoms with Gasteiger partial charge in [0.2, 0.25) is 0 Å². The van der Waals surface area contributed by atoms with Crippen LogP contribution in [0, 0.1) is 11.8 Å². The zero-order valence-electron chi connectivity index (χ0n) is 9.93. The second-order valence-electron chi connectivity index (χ2n) is 3.74. The molecule has 2 aromatic rings. The Morgan fingerprint density at radius 1 is 1.17 bits per heavy atom. The minimum Gasteiger partial charge on any atom is -0.384 e. The third kappa shape index (κ3) is 4.01. The highest BCUT2D eigenvalue weighted by Crippen LogP contribution is 2.15. The van der Waals surface area contributed by atoms with Crippen molar-refractivity contribution in [1.29, 1.82) is 0 Å². The fourth-order valence-corrected chi connectivity index (χ4v) is 2.26. The first-order chi connectivity index (χ1) is 8.88. The zero-order chi connectivity index (χ0) is 12.6. The summed E-state index contributed by atoms with van der Waals surface area (Å²) in [4.78, 5) is 1.15. The molecular formula is C15H14O2S. The summed E-state index contributed by atoms with van der Waals surface area (Å²) in [6, 6.07) is 12.1. The maximum Gasteiger partial charge on any atom is 0.104 e. The van der Waals surface area contributed by atoms with Crippen molar-refractivity contribution in [2.75, 3.05) is 6.61 Å². The van der Waals surface area contributed by atoms with Crippen molar-refractivity contribution in [3.05, 3.63) is 57.8 Å².